The van der Waals surface area contributed by atoms with E-state index in [1.54, 1.807) is 0 Å². The van der Waals surface area contributed by atoms with Crippen molar-refractivity contribution in [3.63, 3.8) is 0 Å². The summed E-state index contributed by atoms with van der Waals surface area (Å²) in [5, 5.41) is 11.1. The number of imidazole rings is 1. The number of halogens is 1. The average molecular weight is 428 g/mol. The first-order valence-corrected chi connectivity index (χ1v) is 8.78. The normalized spacial score (nSPS) is 26.4. The molecule has 1 aliphatic rings. The highest BCUT2D eigenvalue weighted by atomic mass is 35.5. The van der Waals surface area contributed by atoms with E-state index in [0.717, 1.165) is 18.4 Å². The predicted octanol–water partition coefficient (Wildman–Crippen LogP) is -0.226. The fourth-order valence-electron chi connectivity index (χ4n) is 3.15. The monoisotopic (exact) mass is 427 g/mol. The van der Waals surface area contributed by atoms with Crippen molar-refractivity contribution in [2.75, 3.05) is 12.3 Å². The van der Waals surface area contributed by atoms with Gasteiger partial charge in [-0.1, -0.05) is 0 Å². The molecule has 1 fully saturated rings. The van der Waals surface area contributed by atoms with Crippen LogP contribution in [-0.2, 0) is 28.6 Å². The van der Waals surface area contributed by atoms with Crippen molar-refractivity contribution in [2.24, 2.45) is 0 Å². The van der Waals surface area contributed by atoms with Crippen molar-refractivity contribution in [3.05, 3.63) is 11.5 Å². The van der Waals surface area contributed by atoms with E-state index in [4.69, 9.17) is 31.5 Å². The summed E-state index contributed by atoms with van der Waals surface area (Å²) in [6.07, 6.45) is -2.86. The van der Waals surface area contributed by atoms with E-state index in [9.17, 15) is 19.5 Å². The van der Waals surface area contributed by atoms with E-state index in [-0.39, 0.29) is 29.0 Å². The van der Waals surface area contributed by atoms with E-state index in [1.165, 1.54) is 13.1 Å². The number of nitrogen functional groups attached to an aromatic ring is 1. The Morgan fingerprint density at radius 3 is 2.59 bits per heavy atom. The minimum Gasteiger partial charge on any atom is -0.463 e. The lowest BCUT2D eigenvalue weighted by Gasteiger charge is -2.31. The maximum absolute atomic E-state index is 12.5. The summed E-state index contributed by atoms with van der Waals surface area (Å²) in [4.78, 5) is 47.3. The Balaban J connectivity index is 2.15. The second-order valence-electron chi connectivity index (χ2n) is 6.43. The highest BCUT2D eigenvalue weighted by Crippen LogP contribution is 2.43. The molecule has 1 saturated heterocycles. The third-order valence-corrected chi connectivity index (χ3v) is 4.67. The number of anilines is 1. The van der Waals surface area contributed by atoms with Crippen molar-refractivity contribution < 1.29 is 33.7 Å². The number of aromatic nitrogens is 4. The Kier molecular flexibility index (Phi) is 5.43. The summed E-state index contributed by atoms with van der Waals surface area (Å²) in [6, 6.07) is 0. The van der Waals surface area contributed by atoms with Gasteiger partial charge in [0.2, 0.25) is 16.8 Å². The third kappa shape index (κ3) is 3.61. The van der Waals surface area contributed by atoms with Crippen molar-refractivity contribution >= 4 is 46.4 Å². The van der Waals surface area contributed by atoms with Crippen LogP contribution in [0.5, 0.6) is 0 Å². The molecule has 0 amide bonds. The predicted molar refractivity (Wildman–Crippen MR) is 96.5 cm³/mol. The first-order chi connectivity index (χ1) is 13.6. The fourth-order valence-corrected chi connectivity index (χ4v) is 3.41. The number of hydrogen-bond acceptors (Lipinski definition) is 11. The number of ether oxygens (including phenoxy) is 3. The lowest BCUT2D eigenvalue weighted by atomic mass is 9.89. The van der Waals surface area contributed by atoms with Gasteiger partial charge in [-0.2, -0.15) is 4.98 Å². The molecule has 0 radical (unpaired) electrons. The van der Waals surface area contributed by atoms with Gasteiger partial charge in [0, 0.05) is 13.8 Å². The highest BCUT2D eigenvalue weighted by Gasteiger charge is 2.63. The molecule has 0 spiro atoms. The third-order valence-electron chi connectivity index (χ3n) is 4.40. The molecule has 12 nitrogen and oxygen atoms in total. The summed E-state index contributed by atoms with van der Waals surface area (Å²) in [5.41, 5.74) is 3.56. The quantitative estimate of drug-likeness (QED) is 0.477. The molecule has 1 aliphatic heterocycles. The minimum atomic E-state index is -2.38. The highest BCUT2D eigenvalue weighted by molar-refractivity contribution is 6.29. The molecular formula is C16H18ClN5O7. The van der Waals surface area contributed by atoms with Gasteiger partial charge in [0.15, 0.2) is 23.8 Å². The van der Waals surface area contributed by atoms with Crippen LogP contribution in [0.1, 0.15) is 27.0 Å². The molecule has 0 aliphatic carbocycles. The molecular weight excluding hydrogens is 410 g/mol. The standard InChI is InChI=1S/C16H18ClN5O7/c1-6(23)16(26)11(28-8(3)25)10(5-27-7(2)24)29-13(16)22-12-9(20-14(22)17)4-19-15(18)21-12/h4,10-11,13,26H,5H2,1-3H3,(H2,18,19,21)/t10-,11-,13-,16-/m1/s1. The van der Waals surface area contributed by atoms with Crippen LogP contribution in [0.15, 0.2) is 6.20 Å². The Labute approximate surface area is 168 Å². The van der Waals surface area contributed by atoms with Gasteiger partial charge >= 0.3 is 11.9 Å². The van der Waals surface area contributed by atoms with E-state index >= 15 is 0 Å². The second kappa shape index (κ2) is 7.54. The number of fused-ring (bicyclic) bond motifs is 1. The molecule has 156 valence electrons. The Morgan fingerprint density at radius 2 is 2.00 bits per heavy atom. The van der Waals surface area contributed by atoms with Gasteiger partial charge < -0.3 is 25.1 Å². The van der Waals surface area contributed by atoms with Gasteiger partial charge in [-0.25, -0.2) is 9.97 Å². The molecule has 2 aromatic heterocycles. The van der Waals surface area contributed by atoms with Crippen LogP contribution in [0.2, 0.25) is 5.28 Å². The van der Waals surface area contributed by atoms with Gasteiger partial charge in [0.25, 0.3) is 0 Å². The number of nitrogens with two attached hydrogens (primary N) is 1. The van der Waals surface area contributed by atoms with Crippen LogP contribution in [0, 0.1) is 0 Å². The van der Waals surface area contributed by atoms with E-state index in [2.05, 4.69) is 15.0 Å². The number of carbonyl (C=O) groups is 3. The Hall–Kier alpha value is -2.83. The van der Waals surface area contributed by atoms with E-state index in [1.807, 2.05) is 0 Å². The number of aliphatic hydroxyl groups is 1. The molecule has 13 heteroatoms. The Morgan fingerprint density at radius 1 is 1.31 bits per heavy atom. The number of ketones is 1. The lowest BCUT2D eigenvalue weighted by molar-refractivity contribution is -0.170. The average Bonchev–Trinajstić information content (AvgIpc) is 3.07. The topological polar surface area (TPSA) is 169 Å². The first kappa shape index (κ1) is 20.9. The smallest absolute Gasteiger partial charge is 0.303 e. The van der Waals surface area contributed by atoms with Crippen LogP contribution in [0.4, 0.5) is 5.95 Å². The summed E-state index contributed by atoms with van der Waals surface area (Å²) in [7, 11) is 0. The molecule has 0 aromatic carbocycles. The maximum Gasteiger partial charge on any atom is 0.303 e. The number of Topliss-reactive ketones (excluding diaryl/α,β-unsaturated/α-hetero) is 1. The molecule has 3 N–H and O–H groups in total. The largest absolute Gasteiger partial charge is 0.463 e. The summed E-state index contributed by atoms with van der Waals surface area (Å²) < 4.78 is 17.0. The number of carbonyl (C=O) groups excluding carboxylic acids is 3. The van der Waals surface area contributed by atoms with Crippen LogP contribution >= 0.6 is 11.6 Å². The first-order valence-electron chi connectivity index (χ1n) is 8.41. The van der Waals surface area contributed by atoms with Crippen LogP contribution in [0.3, 0.4) is 0 Å². The minimum absolute atomic E-state index is 0.0851. The molecule has 3 heterocycles. The van der Waals surface area contributed by atoms with Gasteiger partial charge in [-0.15, -0.1) is 0 Å². The molecule has 3 rings (SSSR count). The van der Waals surface area contributed by atoms with Gasteiger partial charge in [-0.05, 0) is 18.5 Å². The molecule has 0 saturated carbocycles. The number of esters is 2. The molecule has 0 unspecified atom stereocenters. The van der Waals surface area contributed by atoms with Crippen molar-refractivity contribution in [1.82, 2.24) is 19.5 Å². The number of hydrogen-bond donors (Lipinski definition) is 2. The van der Waals surface area contributed by atoms with Gasteiger partial charge in [-0.3, -0.25) is 19.0 Å². The van der Waals surface area contributed by atoms with E-state index in [0.29, 0.717) is 0 Å². The van der Waals surface area contributed by atoms with Crippen molar-refractivity contribution in [3.8, 4) is 0 Å². The molecule has 29 heavy (non-hydrogen) atoms. The summed E-state index contributed by atoms with van der Waals surface area (Å²) in [5.74, 6) is -2.29. The number of nitrogens with zero attached hydrogens (tertiary/aromatic N) is 4. The van der Waals surface area contributed by atoms with Crippen molar-refractivity contribution in [2.45, 2.75) is 44.8 Å². The zero-order chi connectivity index (χ0) is 21.5. The van der Waals surface area contributed by atoms with Crippen LogP contribution in [0.25, 0.3) is 11.2 Å². The second-order valence-corrected chi connectivity index (χ2v) is 6.77. The fraction of sp³-hybridized carbons (Fsp3) is 0.500. The molecule has 2 aromatic rings. The van der Waals surface area contributed by atoms with Gasteiger partial charge in [0.1, 0.15) is 18.2 Å². The zero-order valence-corrected chi connectivity index (χ0v) is 16.4. The van der Waals surface area contributed by atoms with Crippen LogP contribution in [-0.4, -0.2) is 66.8 Å². The van der Waals surface area contributed by atoms with Crippen LogP contribution < -0.4 is 5.73 Å². The van der Waals surface area contributed by atoms with E-state index < -0.39 is 41.8 Å². The zero-order valence-electron chi connectivity index (χ0n) is 15.7. The van der Waals surface area contributed by atoms with Gasteiger partial charge in [0.05, 0.1) is 6.20 Å². The van der Waals surface area contributed by atoms with Crippen molar-refractivity contribution in [1.29, 1.82) is 0 Å². The maximum atomic E-state index is 12.5. The lowest BCUT2D eigenvalue weighted by Crippen LogP contribution is -2.54. The molecule has 0 bridgehead atoms. The number of rotatable bonds is 5. The Bertz CT molecular complexity index is 995. The summed E-state index contributed by atoms with van der Waals surface area (Å²) >= 11 is 6.21. The summed E-state index contributed by atoms with van der Waals surface area (Å²) in [6.45, 7) is 2.98. The SMILES string of the molecule is CC(=O)OC[C@H]1O[C@@H](n2c(Cl)nc3cnc(N)nc32)[C@@](O)(C(C)=O)[C@@H]1OC(C)=O. The molecule has 4 atom stereocenters.